The van der Waals surface area contributed by atoms with Crippen LogP contribution < -0.4 is 10.6 Å². The molecule has 19 heavy (non-hydrogen) atoms. The monoisotopic (exact) mass is 268 g/mol. The van der Waals surface area contributed by atoms with Gasteiger partial charge in [0.05, 0.1) is 13.2 Å². The Balaban J connectivity index is 1.72. The van der Waals surface area contributed by atoms with Gasteiger partial charge in [-0.15, -0.1) is 5.10 Å². The Morgan fingerprint density at radius 1 is 1.42 bits per heavy atom. The van der Waals surface area contributed by atoms with Gasteiger partial charge < -0.3 is 19.8 Å². The summed E-state index contributed by atoms with van der Waals surface area (Å²) in [6, 6.07) is 0.985. The maximum absolute atomic E-state index is 5.56. The van der Waals surface area contributed by atoms with Crippen molar-refractivity contribution in [2.75, 3.05) is 25.6 Å². The number of ether oxygens (including phenoxy) is 1. The molecule has 1 unspecified atom stereocenters. The van der Waals surface area contributed by atoms with Gasteiger partial charge in [-0.2, -0.15) is 0 Å². The largest absolute Gasteiger partial charge is 0.407 e. The van der Waals surface area contributed by atoms with E-state index in [-0.39, 0.29) is 0 Å². The van der Waals surface area contributed by atoms with Crippen molar-refractivity contribution in [3.8, 4) is 0 Å². The molecule has 108 valence electrons. The highest BCUT2D eigenvalue weighted by molar-refractivity contribution is 5.19. The Kier molecular flexibility index (Phi) is 5.60. The molecule has 0 radical (unpaired) electrons. The van der Waals surface area contributed by atoms with E-state index in [4.69, 9.17) is 9.15 Å². The summed E-state index contributed by atoms with van der Waals surface area (Å²) >= 11 is 0. The van der Waals surface area contributed by atoms with Crippen molar-refractivity contribution in [1.29, 1.82) is 0 Å². The number of aromatic nitrogens is 2. The molecule has 2 N–H and O–H groups in total. The minimum Gasteiger partial charge on any atom is -0.407 e. The normalized spacial score (nSPS) is 16.5. The van der Waals surface area contributed by atoms with Gasteiger partial charge in [-0.3, -0.25) is 0 Å². The van der Waals surface area contributed by atoms with Gasteiger partial charge in [0.2, 0.25) is 5.89 Å². The van der Waals surface area contributed by atoms with Crippen LogP contribution in [-0.4, -0.2) is 36.5 Å². The fourth-order valence-corrected chi connectivity index (χ4v) is 2.01. The highest BCUT2D eigenvalue weighted by atomic mass is 16.5. The summed E-state index contributed by atoms with van der Waals surface area (Å²) < 4.78 is 10.5. The zero-order valence-electron chi connectivity index (χ0n) is 11.8. The Morgan fingerprint density at radius 2 is 2.26 bits per heavy atom. The van der Waals surface area contributed by atoms with Crippen LogP contribution in [0, 0.1) is 5.92 Å². The SMILES string of the molecule is CCC(CC1CC1)Nc1nnc(CNCCOC)o1. The van der Waals surface area contributed by atoms with Gasteiger partial charge in [-0.05, 0) is 18.8 Å². The molecule has 0 aromatic carbocycles. The Bertz CT molecular complexity index is 365. The van der Waals surface area contributed by atoms with E-state index in [0.29, 0.717) is 31.1 Å². The number of hydrogen-bond donors (Lipinski definition) is 2. The van der Waals surface area contributed by atoms with Crippen LogP contribution >= 0.6 is 0 Å². The van der Waals surface area contributed by atoms with Gasteiger partial charge in [-0.1, -0.05) is 24.9 Å². The van der Waals surface area contributed by atoms with Crippen molar-refractivity contribution in [3.05, 3.63) is 5.89 Å². The average molecular weight is 268 g/mol. The maximum atomic E-state index is 5.56. The third-order valence-electron chi connectivity index (χ3n) is 3.36. The number of nitrogens with one attached hydrogen (secondary N) is 2. The smallest absolute Gasteiger partial charge is 0.315 e. The third-order valence-corrected chi connectivity index (χ3v) is 3.36. The van der Waals surface area contributed by atoms with Crippen LogP contribution in [0.3, 0.4) is 0 Å². The molecule has 0 bridgehead atoms. The van der Waals surface area contributed by atoms with Gasteiger partial charge in [0.1, 0.15) is 0 Å². The molecular formula is C13H24N4O2. The molecule has 1 saturated carbocycles. The number of anilines is 1. The number of methoxy groups -OCH3 is 1. The van der Waals surface area contributed by atoms with Crippen molar-refractivity contribution in [2.24, 2.45) is 5.92 Å². The Morgan fingerprint density at radius 3 is 2.95 bits per heavy atom. The molecule has 1 aromatic heterocycles. The third kappa shape index (κ3) is 5.16. The van der Waals surface area contributed by atoms with Gasteiger partial charge in [0.25, 0.3) is 0 Å². The lowest BCUT2D eigenvalue weighted by molar-refractivity contribution is 0.198. The van der Waals surface area contributed by atoms with Crippen LogP contribution in [0.25, 0.3) is 0 Å². The zero-order valence-corrected chi connectivity index (χ0v) is 11.8. The van der Waals surface area contributed by atoms with Crippen molar-refractivity contribution >= 4 is 6.01 Å². The van der Waals surface area contributed by atoms with E-state index in [1.54, 1.807) is 7.11 Å². The molecular weight excluding hydrogens is 244 g/mol. The highest BCUT2D eigenvalue weighted by Gasteiger charge is 2.25. The quantitative estimate of drug-likeness (QED) is 0.630. The summed E-state index contributed by atoms with van der Waals surface area (Å²) in [4.78, 5) is 0. The summed E-state index contributed by atoms with van der Waals surface area (Å²) in [7, 11) is 1.68. The number of hydrogen-bond acceptors (Lipinski definition) is 6. The fourth-order valence-electron chi connectivity index (χ4n) is 2.01. The summed E-state index contributed by atoms with van der Waals surface area (Å²) in [6.07, 6.45) is 5.04. The first kappa shape index (κ1) is 14.3. The van der Waals surface area contributed by atoms with Crippen LogP contribution in [-0.2, 0) is 11.3 Å². The van der Waals surface area contributed by atoms with E-state index < -0.39 is 0 Å². The molecule has 6 heteroatoms. The van der Waals surface area contributed by atoms with Gasteiger partial charge in [-0.25, -0.2) is 0 Å². The second-order valence-corrected chi connectivity index (χ2v) is 5.10. The van der Waals surface area contributed by atoms with Crippen LogP contribution in [0.5, 0.6) is 0 Å². The molecule has 1 heterocycles. The molecule has 0 aliphatic heterocycles. The first-order valence-electron chi connectivity index (χ1n) is 7.10. The second kappa shape index (κ2) is 7.45. The molecule has 0 saturated heterocycles. The summed E-state index contributed by atoms with van der Waals surface area (Å²) in [6.45, 7) is 4.22. The van der Waals surface area contributed by atoms with E-state index in [0.717, 1.165) is 18.9 Å². The van der Waals surface area contributed by atoms with Crippen LogP contribution in [0.15, 0.2) is 4.42 Å². The lowest BCUT2D eigenvalue weighted by Gasteiger charge is -2.14. The van der Waals surface area contributed by atoms with Crippen LogP contribution in [0.1, 0.15) is 38.5 Å². The van der Waals surface area contributed by atoms with E-state index in [1.807, 2.05) is 0 Å². The molecule has 1 aliphatic carbocycles. The van der Waals surface area contributed by atoms with Gasteiger partial charge in [0.15, 0.2) is 0 Å². The van der Waals surface area contributed by atoms with Crippen molar-refractivity contribution in [3.63, 3.8) is 0 Å². The molecule has 6 nitrogen and oxygen atoms in total. The topological polar surface area (TPSA) is 72.2 Å². The van der Waals surface area contributed by atoms with E-state index in [2.05, 4.69) is 27.8 Å². The zero-order chi connectivity index (χ0) is 13.5. The number of nitrogens with zero attached hydrogens (tertiary/aromatic N) is 2. The standard InChI is InChI=1S/C13H24N4O2/c1-3-11(8-10-4-5-10)15-13-17-16-12(19-13)9-14-6-7-18-2/h10-11,14H,3-9H2,1-2H3,(H,15,17). The van der Waals surface area contributed by atoms with Crippen molar-refractivity contribution in [2.45, 2.75) is 45.2 Å². The summed E-state index contributed by atoms with van der Waals surface area (Å²) in [5.74, 6) is 1.51. The predicted molar refractivity (Wildman–Crippen MR) is 72.9 cm³/mol. The van der Waals surface area contributed by atoms with Crippen LogP contribution in [0.4, 0.5) is 6.01 Å². The fraction of sp³-hybridized carbons (Fsp3) is 0.846. The second-order valence-electron chi connectivity index (χ2n) is 5.10. The van der Waals surface area contributed by atoms with E-state index in [1.165, 1.54) is 19.3 Å². The average Bonchev–Trinajstić information content (AvgIpc) is 3.12. The van der Waals surface area contributed by atoms with E-state index >= 15 is 0 Å². The minimum absolute atomic E-state index is 0.447. The van der Waals surface area contributed by atoms with Crippen LogP contribution in [0.2, 0.25) is 0 Å². The first-order valence-corrected chi connectivity index (χ1v) is 7.10. The Hall–Kier alpha value is -1.14. The van der Waals surface area contributed by atoms with Gasteiger partial charge in [0, 0.05) is 19.7 Å². The molecule has 0 spiro atoms. The molecule has 1 atom stereocenters. The minimum atomic E-state index is 0.447. The lowest BCUT2D eigenvalue weighted by Crippen LogP contribution is -2.19. The molecule has 2 rings (SSSR count). The van der Waals surface area contributed by atoms with Crippen molar-refractivity contribution in [1.82, 2.24) is 15.5 Å². The first-order chi connectivity index (χ1) is 9.31. The Labute approximate surface area is 114 Å². The predicted octanol–water partition coefficient (Wildman–Crippen LogP) is 1.80. The van der Waals surface area contributed by atoms with E-state index in [9.17, 15) is 0 Å². The summed E-state index contributed by atoms with van der Waals surface area (Å²) in [5, 5.41) is 14.6. The molecule has 0 amide bonds. The lowest BCUT2D eigenvalue weighted by atomic mass is 10.1. The summed E-state index contributed by atoms with van der Waals surface area (Å²) in [5.41, 5.74) is 0. The highest BCUT2D eigenvalue weighted by Crippen LogP contribution is 2.34. The molecule has 1 fully saturated rings. The van der Waals surface area contributed by atoms with Crippen molar-refractivity contribution < 1.29 is 9.15 Å². The molecule has 1 aliphatic rings. The van der Waals surface area contributed by atoms with Gasteiger partial charge >= 0.3 is 6.01 Å². The number of rotatable bonds is 10. The molecule has 1 aromatic rings. The maximum Gasteiger partial charge on any atom is 0.315 e.